The van der Waals surface area contributed by atoms with Gasteiger partial charge in [0.25, 0.3) is 0 Å². The van der Waals surface area contributed by atoms with Crippen molar-refractivity contribution in [3.05, 3.63) is 48.0 Å². The first kappa shape index (κ1) is 12.8. The summed E-state index contributed by atoms with van der Waals surface area (Å²) in [5.41, 5.74) is 4.32. The van der Waals surface area contributed by atoms with Gasteiger partial charge in [-0.15, -0.1) is 0 Å². The number of anilines is 2. The molecule has 5 nitrogen and oxygen atoms in total. The van der Waals surface area contributed by atoms with Gasteiger partial charge in [-0.25, -0.2) is 14.4 Å². The van der Waals surface area contributed by atoms with Crippen molar-refractivity contribution in [2.24, 2.45) is 0 Å². The molecule has 3 rings (SSSR count). The van der Waals surface area contributed by atoms with E-state index in [1.165, 1.54) is 13.2 Å². The summed E-state index contributed by atoms with van der Waals surface area (Å²) in [5.74, 6) is 0.432. The molecule has 104 valence electrons. The van der Waals surface area contributed by atoms with Crippen molar-refractivity contribution < 1.29 is 9.23 Å². The maximum absolute atomic E-state index is 13.3. The zero-order valence-electron chi connectivity index (χ0n) is 11.1. The van der Waals surface area contributed by atoms with Crippen LogP contribution in [-0.2, 0) is 4.84 Å². The lowest BCUT2D eigenvalue weighted by Crippen LogP contribution is -2.42. The first-order chi connectivity index (χ1) is 9.78. The van der Waals surface area contributed by atoms with E-state index in [2.05, 4.69) is 20.3 Å². The summed E-state index contributed by atoms with van der Waals surface area (Å²) in [6.07, 6.45) is 4.30. The molecule has 6 heteroatoms. The summed E-state index contributed by atoms with van der Waals surface area (Å²) >= 11 is 0. The van der Waals surface area contributed by atoms with Gasteiger partial charge in [0.2, 0.25) is 5.95 Å². The fourth-order valence-electron chi connectivity index (χ4n) is 2.33. The molecule has 20 heavy (non-hydrogen) atoms. The van der Waals surface area contributed by atoms with Crippen LogP contribution >= 0.6 is 0 Å². The highest BCUT2D eigenvalue weighted by molar-refractivity contribution is 5.44. The van der Waals surface area contributed by atoms with E-state index >= 15 is 0 Å². The predicted molar refractivity (Wildman–Crippen MR) is 73.8 cm³/mol. The van der Waals surface area contributed by atoms with Crippen molar-refractivity contribution in [1.82, 2.24) is 9.97 Å². The van der Waals surface area contributed by atoms with Gasteiger partial charge in [0.1, 0.15) is 5.82 Å². The number of nitrogens with one attached hydrogen (secondary N) is 1. The topological polar surface area (TPSA) is 50.3 Å². The molecule has 1 unspecified atom stereocenters. The van der Waals surface area contributed by atoms with Crippen molar-refractivity contribution in [1.29, 1.82) is 0 Å². The zero-order valence-corrected chi connectivity index (χ0v) is 11.1. The molecule has 0 aliphatic carbocycles. The Morgan fingerprint density at radius 1 is 1.35 bits per heavy atom. The molecular formula is C14H15FN4O. The molecular weight excluding hydrogens is 259 g/mol. The lowest BCUT2D eigenvalue weighted by atomic mass is 9.95. The predicted octanol–water partition coefficient (Wildman–Crippen LogP) is 2.54. The van der Waals surface area contributed by atoms with Crippen LogP contribution in [0.4, 0.5) is 16.0 Å². The number of halogens is 1. The van der Waals surface area contributed by atoms with E-state index < -0.39 is 0 Å². The van der Waals surface area contributed by atoms with E-state index in [0.29, 0.717) is 11.6 Å². The highest BCUT2D eigenvalue weighted by Gasteiger charge is 2.31. The normalized spacial score (nSPS) is 17.7. The maximum atomic E-state index is 13.3. The van der Waals surface area contributed by atoms with Gasteiger partial charge in [-0.1, -0.05) is 12.1 Å². The van der Waals surface area contributed by atoms with Crippen LogP contribution in [0.25, 0.3) is 0 Å². The van der Waals surface area contributed by atoms with Gasteiger partial charge in [0.05, 0.1) is 31.2 Å². The Morgan fingerprint density at radius 2 is 2.15 bits per heavy atom. The fourth-order valence-corrected chi connectivity index (χ4v) is 2.33. The summed E-state index contributed by atoms with van der Waals surface area (Å²) < 4.78 is 13.3. The standard InChI is InChI=1S/C14H15FN4O/c1-20-18-12-8-16-14(17-9-12)19-6-5-13(19)10-3-2-4-11(15)7-10/h2-4,7-9,13,18H,5-6H2,1H3. The quantitative estimate of drug-likeness (QED) is 0.868. The molecule has 0 saturated carbocycles. The van der Waals surface area contributed by atoms with Gasteiger partial charge in [0.15, 0.2) is 0 Å². The molecule has 0 spiro atoms. The number of nitrogens with zero attached hydrogens (tertiary/aromatic N) is 3. The minimum absolute atomic E-state index is 0.145. The van der Waals surface area contributed by atoms with Crippen molar-refractivity contribution in [2.45, 2.75) is 12.5 Å². The second-order valence-corrected chi connectivity index (χ2v) is 4.63. The molecule has 1 atom stereocenters. The average molecular weight is 274 g/mol. The summed E-state index contributed by atoms with van der Waals surface area (Å²) in [4.78, 5) is 15.4. The van der Waals surface area contributed by atoms with Crippen molar-refractivity contribution in [2.75, 3.05) is 24.0 Å². The van der Waals surface area contributed by atoms with Crippen LogP contribution in [0.15, 0.2) is 36.7 Å². The van der Waals surface area contributed by atoms with E-state index in [1.54, 1.807) is 24.5 Å². The minimum Gasteiger partial charge on any atom is -0.334 e. The summed E-state index contributed by atoms with van der Waals surface area (Å²) in [6, 6.07) is 6.83. The Morgan fingerprint density at radius 3 is 2.75 bits per heavy atom. The van der Waals surface area contributed by atoms with Gasteiger partial charge < -0.3 is 4.90 Å². The first-order valence-corrected chi connectivity index (χ1v) is 6.41. The molecule has 1 N–H and O–H groups in total. The third-order valence-electron chi connectivity index (χ3n) is 3.37. The second kappa shape index (κ2) is 5.42. The largest absolute Gasteiger partial charge is 0.334 e. The fraction of sp³-hybridized carbons (Fsp3) is 0.286. The molecule has 2 heterocycles. The van der Waals surface area contributed by atoms with E-state index in [0.717, 1.165) is 18.5 Å². The molecule has 1 aliphatic heterocycles. The van der Waals surface area contributed by atoms with Crippen molar-refractivity contribution in [3.8, 4) is 0 Å². The van der Waals surface area contributed by atoms with E-state index in [-0.39, 0.29) is 11.9 Å². The molecule has 1 aliphatic rings. The van der Waals surface area contributed by atoms with Crippen LogP contribution in [0.1, 0.15) is 18.0 Å². The molecule has 1 fully saturated rings. The molecule has 0 bridgehead atoms. The highest BCUT2D eigenvalue weighted by atomic mass is 19.1. The Bertz CT molecular complexity index is 590. The van der Waals surface area contributed by atoms with Crippen LogP contribution in [-0.4, -0.2) is 23.6 Å². The Hall–Kier alpha value is -2.21. The minimum atomic E-state index is -0.213. The molecule has 2 aromatic rings. The SMILES string of the molecule is CONc1cnc(N2CCC2c2cccc(F)c2)nc1. The van der Waals surface area contributed by atoms with E-state index in [4.69, 9.17) is 4.84 Å². The highest BCUT2D eigenvalue weighted by Crippen LogP contribution is 2.35. The Kier molecular flexibility index (Phi) is 3.47. The monoisotopic (exact) mass is 274 g/mol. The third kappa shape index (κ3) is 2.42. The van der Waals surface area contributed by atoms with Gasteiger partial charge in [-0.05, 0) is 24.1 Å². The lowest BCUT2D eigenvalue weighted by Gasteiger charge is -2.41. The number of benzene rings is 1. The molecule has 0 radical (unpaired) electrons. The average Bonchev–Trinajstić information content (AvgIpc) is 2.40. The lowest BCUT2D eigenvalue weighted by molar-refractivity contribution is 0.270. The molecule has 1 saturated heterocycles. The van der Waals surface area contributed by atoms with E-state index in [1.807, 2.05) is 6.07 Å². The molecule has 1 aromatic carbocycles. The van der Waals surface area contributed by atoms with Gasteiger partial charge in [0, 0.05) is 6.54 Å². The first-order valence-electron chi connectivity index (χ1n) is 6.41. The second-order valence-electron chi connectivity index (χ2n) is 4.63. The molecule has 1 aromatic heterocycles. The van der Waals surface area contributed by atoms with Gasteiger partial charge >= 0.3 is 0 Å². The van der Waals surface area contributed by atoms with Crippen molar-refractivity contribution >= 4 is 11.6 Å². The number of hydrogen-bond donors (Lipinski definition) is 1. The van der Waals surface area contributed by atoms with Crippen LogP contribution in [0.2, 0.25) is 0 Å². The van der Waals surface area contributed by atoms with Gasteiger partial charge in [-0.3, -0.25) is 10.3 Å². The molecule has 0 amide bonds. The van der Waals surface area contributed by atoms with Crippen molar-refractivity contribution in [3.63, 3.8) is 0 Å². The number of rotatable bonds is 4. The number of hydrogen-bond acceptors (Lipinski definition) is 5. The van der Waals surface area contributed by atoms with Crippen LogP contribution in [0, 0.1) is 5.82 Å². The Balaban J connectivity index is 1.77. The number of aromatic nitrogens is 2. The van der Waals surface area contributed by atoms with Crippen LogP contribution in [0.3, 0.4) is 0 Å². The third-order valence-corrected chi connectivity index (χ3v) is 3.37. The smallest absolute Gasteiger partial charge is 0.225 e. The summed E-state index contributed by atoms with van der Waals surface area (Å²) in [6.45, 7) is 0.873. The summed E-state index contributed by atoms with van der Waals surface area (Å²) in [5, 5.41) is 0. The maximum Gasteiger partial charge on any atom is 0.225 e. The van der Waals surface area contributed by atoms with Crippen LogP contribution in [0.5, 0.6) is 0 Å². The van der Waals surface area contributed by atoms with Gasteiger partial charge in [-0.2, -0.15) is 0 Å². The van der Waals surface area contributed by atoms with Crippen LogP contribution < -0.4 is 10.4 Å². The summed E-state index contributed by atoms with van der Waals surface area (Å²) in [7, 11) is 1.53. The zero-order chi connectivity index (χ0) is 13.9. The Labute approximate surface area is 116 Å². The van der Waals surface area contributed by atoms with E-state index in [9.17, 15) is 4.39 Å².